The van der Waals surface area contributed by atoms with Gasteiger partial charge >= 0.3 is 0 Å². The van der Waals surface area contributed by atoms with Gasteiger partial charge in [-0.25, -0.2) is 0 Å². The predicted molar refractivity (Wildman–Crippen MR) is 109 cm³/mol. The molecule has 2 aliphatic heterocycles. The Hall–Kier alpha value is -2.87. The molecule has 154 valence electrons. The number of nitrogens with zero attached hydrogens (tertiary/aromatic N) is 5. The Bertz CT molecular complexity index is 888. The number of anilines is 1. The molecule has 0 N–H and O–H groups in total. The number of para-hydroxylation sites is 1. The maximum Gasteiger partial charge on any atom is 0.257 e. The quantitative estimate of drug-likeness (QED) is 0.762. The van der Waals surface area contributed by atoms with Crippen LogP contribution in [0.3, 0.4) is 0 Å². The standard InChI is InChI=1S/C21H27N5O3/c1-3-29-19-7-5-4-6-17(19)20(27)25-12-10-24(11-13-25)18-8-9-26(21(18)28)16-14-22-23(2)15-16/h4-7,14-15,18H,3,8-13H2,1-2H3. The summed E-state index contributed by atoms with van der Waals surface area (Å²) in [5.41, 5.74) is 1.45. The molecule has 2 aliphatic rings. The first-order valence-corrected chi connectivity index (χ1v) is 10.1. The number of ether oxygens (including phenoxy) is 1. The molecule has 3 heterocycles. The van der Waals surface area contributed by atoms with Crippen molar-refractivity contribution in [3.63, 3.8) is 0 Å². The smallest absolute Gasteiger partial charge is 0.257 e. The van der Waals surface area contributed by atoms with E-state index in [1.165, 1.54) is 0 Å². The van der Waals surface area contributed by atoms with Crippen LogP contribution in [0.25, 0.3) is 0 Å². The van der Waals surface area contributed by atoms with Crippen LogP contribution in [0.4, 0.5) is 5.69 Å². The van der Waals surface area contributed by atoms with Gasteiger partial charge < -0.3 is 14.5 Å². The van der Waals surface area contributed by atoms with Gasteiger partial charge in [0.05, 0.1) is 30.1 Å². The van der Waals surface area contributed by atoms with Crippen LogP contribution in [-0.2, 0) is 11.8 Å². The highest BCUT2D eigenvalue weighted by atomic mass is 16.5. The Morgan fingerprint density at radius 2 is 1.93 bits per heavy atom. The lowest BCUT2D eigenvalue weighted by molar-refractivity contribution is -0.122. The van der Waals surface area contributed by atoms with Gasteiger partial charge in [0, 0.05) is 46.0 Å². The van der Waals surface area contributed by atoms with Crippen LogP contribution < -0.4 is 9.64 Å². The summed E-state index contributed by atoms with van der Waals surface area (Å²) in [5.74, 6) is 0.739. The van der Waals surface area contributed by atoms with Crippen molar-refractivity contribution >= 4 is 17.5 Å². The van der Waals surface area contributed by atoms with Crippen LogP contribution in [0, 0.1) is 0 Å². The zero-order valence-corrected chi connectivity index (χ0v) is 17.0. The number of benzene rings is 1. The molecule has 0 spiro atoms. The van der Waals surface area contributed by atoms with Gasteiger partial charge in [-0.1, -0.05) is 12.1 Å². The average Bonchev–Trinajstić information content (AvgIpc) is 3.33. The summed E-state index contributed by atoms with van der Waals surface area (Å²) in [6.45, 7) is 5.74. The zero-order chi connectivity index (χ0) is 20.4. The van der Waals surface area contributed by atoms with Gasteiger partial charge in [-0.15, -0.1) is 0 Å². The zero-order valence-electron chi connectivity index (χ0n) is 17.0. The van der Waals surface area contributed by atoms with Crippen molar-refractivity contribution in [2.45, 2.75) is 19.4 Å². The summed E-state index contributed by atoms with van der Waals surface area (Å²) in [6.07, 6.45) is 4.40. The number of carbonyl (C=O) groups is 2. The van der Waals surface area contributed by atoms with Crippen LogP contribution in [0.5, 0.6) is 5.75 Å². The van der Waals surface area contributed by atoms with Crippen molar-refractivity contribution in [1.82, 2.24) is 19.6 Å². The van der Waals surface area contributed by atoms with Gasteiger partial charge in [-0.05, 0) is 25.5 Å². The molecular weight excluding hydrogens is 370 g/mol. The van der Waals surface area contributed by atoms with E-state index in [2.05, 4.69) is 10.00 Å². The number of hydrogen-bond acceptors (Lipinski definition) is 5. The molecule has 1 atom stereocenters. The number of aryl methyl sites for hydroxylation is 1. The fourth-order valence-electron chi connectivity index (χ4n) is 4.14. The van der Waals surface area contributed by atoms with Crippen LogP contribution in [0.1, 0.15) is 23.7 Å². The minimum Gasteiger partial charge on any atom is -0.493 e. The van der Waals surface area contributed by atoms with E-state index in [-0.39, 0.29) is 17.9 Å². The van der Waals surface area contributed by atoms with E-state index >= 15 is 0 Å². The normalized spacial score (nSPS) is 20.3. The fourth-order valence-corrected chi connectivity index (χ4v) is 4.14. The molecule has 0 bridgehead atoms. The lowest BCUT2D eigenvalue weighted by Gasteiger charge is -2.37. The number of aromatic nitrogens is 2. The minimum absolute atomic E-state index is 0.0107. The molecule has 1 aromatic heterocycles. The highest BCUT2D eigenvalue weighted by Crippen LogP contribution is 2.26. The summed E-state index contributed by atoms with van der Waals surface area (Å²) in [7, 11) is 1.85. The highest BCUT2D eigenvalue weighted by molar-refractivity contribution is 5.99. The number of hydrogen-bond donors (Lipinski definition) is 0. The van der Waals surface area contributed by atoms with Crippen LogP contribution >= 0.6 is 0 Å². The van der Waals surface area contributed by atoms with Crippen molar-refractivity contribution < 1.29 is 14.3 Å². The van der Waals surface area contributed by atoms with Gasteiger partial charge in [0.25, 0.3) is 5.91 Å². The molecule has 0 aliphatic carbocycles. The van der Waals surface area contributed by atoms with E-state index < -0.39 is 0 Å². The summed E-state index contributed by atoms with van der Waals surface area (Å²) in [6, 6.07) is 7.25. The molecule has 2 fully saturated rings. The van der Waals surface area contributed by atoms with E-state index in [1.807, 2.05) is 54.2 Å². The number of amides is 2. The maximum absolute atomic E-state index is 13.0. The Morgan fingerprint density at radius 3 is 2.62 bits per heavy atom. The van der Waals surface area contributed by atoms with Gasteiger partial charge in [0.2, 0.25) is 5.91 Å². The molecule has 2 amide bonds. The highest BCUT2D eigenvalue weighted by Gasteiger charge is 2.38. The molecule has 0 saturated carbocycles. The topological polar surface area (TPSA) is 70.9 Å². The van der Waals surface area contributed by atoms with Crippen molar-refractivity contribution in [3.8, 4) is 5.75 Å². The monoisotopic (exact) mass is 397 g/mol. The van der Waals surface area contributed by atoms with Crippen molar-refractivity contribution in [2.75, 3.05) is 44.2 Å². The Labute approximate surface area is 170 Å². The molecule has 8 nitrogen and oxygen atoms in total. The molecule has 1 unspecified atom stereocenters. The molecular formula is C21H27N5O3. The van der Waals surface area contributed by atoms with E-state index in [0.29, 0.717) is 50.6 Å². The Balaban J connectivity index is 1.37. The molecule has 1 aromatic carbocycles. The van der Waals surface area contributed by atoms with E-state index in [4.69, 9.17) is 4.74 Å². The molecule has 4 rings (SSSR count). The first-order chi connectivity index (χ1) is 14.1. The SMILES string of the molecule is CCOc1ccccc1C(=O)N1CCN(C2CCN(c3cnn(C)c3)C2=O)CC1. The average molecular weight is 397 g/mol. The summed E-state index contributed by atoms with van der Waals surface area (Å²) >= 11 is 0. The number of rotatable bonds is 5. The van der Waals surface area contributed by atoms with Gasteiger partial charge in [-0.3, -0.25) is 19.2 Å². The van der Waals surface area contributed by atoms with Gasteiger partial charge in [-0.2, -0.15) is 5.10 Å². The van der Waals surface area contributed by atoms with E-state index in [0.717, 1.165) is 12.1 Å². The molecule has 2 saturated heterocycles. The van der Waals surface area contributed by atoms with E-state index in [1.54, 1.807) is 10.9 Å². The summed E-state index contributed by atoms with van der Waals surface area (Å²) in [5, 5.41) is 4.17. The largest absolute Gasteiger partial charge is 0.493 e. The van der Waals surface area contributed by atoms with Crippen molar-refractivity contribution in [3.05, 3.63) is 42.2 Å². The third-order valence-corrected chi connectivity index (χ3v) is 5.64. The Morgan fingerprint density at radius 1 is 1.17 bits per heavy atom. The fraction of sp³-hybridized carbons (Fsp3) is 0.476. The summed E-state index contributed by atoms with van der Waals surface area (Å²) < 4.78 is 7.31. The maximum atomic E-state index is 13.0. The Kier molecular flexibility index (Phi) is 5.53. The predicted octanol–water partition coefficient (Wildman–Crippen LogP) is 1.38. The molecule has 0 radical (unpaired) electrons. The minimum atomic E-state index is -0.122. The van der Waals surface area contributed by atoms with Crippen LogP contribution in [0.15, 0.2) is 36.7 Å². The van der Waals surface area contributed by atoms with Gasteiger partial charge in [0.15, 0.2) is 0 Å². The number of carbonyl (C=O) groups excluding carboxylic acids is 2. The third-order valence-electron chi connectivity index (χ3n) is 5.64. The lowest BCUT2D eigenvalue weighted by atomic mass is 10.1. The van der Waals surface area contributed by atoms with Crippen LogP contribution in [-0.4, -0.2) is 76.8 Å². The van der Waals surface area contributed by atoms with Crippen LogP contribution in [0.2, 0.25) is 0 Å². The van der Waals surface area contributed by atoms with E-state index in [9.17, 15) is 9.59 Å². The third kappa shape index (κ3) is 3.85. The second-order valence-corrected chi connectivity index (χ2v) is 7.42. The first kappa shape index (κ1) is 19.4. The lowest BCUT2D eigenvalue weighted by Crippen LogP contribution is -2.53. The van der Waals surface area contributed by atoms with Gasteiger partial charge in [0.1, 0.15) is 5.75 Å². The second kappa shape index (κ2) is 8.24. The van der Waals surface area contributed by atoms with Crippen molar-refractivity contribution in [2.24, 2.45) is 7.05 Å². The van der Waals surface area contributed by atoms with Crippen molar-refractivity contribution in [1.29, 1.82) is 0 Å². The molecule has 2 aromatic rings. The first-order valence-electron chi connectivity index (χ1n) is 10.1. The molecule has 8 heteroatoms. The molecule has 29 heavy (non-hydrogen) atoms. The second-order valence-electron chi connectivity index (χ2n) is 7.42. The number of piperazine rings is 1. The summed E-state index contributed by atoms with van der Waals surface area (Å²) in [4.78, 5) is 31.8.